The Morgan fingerprint density at radius 1 is 1.16 bits per heavy atom. The Morgan fingerprint density at radius 2 is 1.76 bits per heavy atom. The van der Waals surface area contributed by atoms with Crippen LogP contribution in [-0.4, -0.2) is 34.9 Å². The minimum absolute atomic E-state index is 0.128. The second-order valence-electron chi connectivity index (χ2n) is 7.59. The number of nitrogens with one attached hydrogen (secondary N) is 2. The summed E-state index contributed by atoms with van der Waals surface area (Å²) in [5.41, 5.74) is -0.336. The molecule has 0 aliphatic rings. The fraction of sp³-hybridized carbons (Fsp3) is 0.556. The predicted octanol–water partition coefficient (Wildman–Crippen LogP) is 4.15. The summed E-state index contributed by atoms with van der Waals surface area (Å²) in [6, 6.07) is 6.47. The van der Waals surface area contributed by atoms with Crippen molar-refractivity contribution in [2.75, 3.05) is 11.9 Å². The molecule has 1 atom stereocenters. The van der Waals surface area contributed by atoms with E-state index in [1.807, 2.05) is 53.7 Å². The van der Waals surface area contributed by atoms with E-state index in [0.29, 0.717) is 10.7 Å². The van der Waals surface area contributed by atoms with E-state index in [4.69, 9.17) is 33.3 Å². The van der Waals surface area contributed by atoms with E-state index in [1.54, 1.807) is 12.1 Å². The van der Waals surface area contributed by atoms with Gasteiger partial charge in [-0.2, -0.15) is 0 Å². The smallest absolute Gasteiger partial charge is 0.331 e. The number of hydrogen-bond donors (Lipinski definition) is 2. The number of esters is 1. The monoisotopic (exact) mass is 386 g/mol. The molecule has 0 amide bonds. The lowest BCUT2D eigenvalue weighted by molar-refractivity contribution is -0.159. The van der Waals surface area contributed by atoms with Crippen molar-refractivity contribution in [2.24, 2.45) is 0 Å². The zero-order valence-corrected chi connectivity index (χ0v) is 17.2. The highest BCUT2D eigenvalue weighted by Crippen LogP contribution is 2.20. The molecule has 7 heteroatoms. The van der Waals surface area contributed by atoms with Crippen LogP contribution in [0, 0.1) is 0 Å². The van der Waals surface area contributed by atoms with Crippen LogP contribution in [0.4, 0.5) is 5.69 Å². The average Bonchev–Trinajstić information content (AvgIpc) is 2.43. The number of thiocarbonyl (C=S) groups is 1. The zero-order valence-electron chi connectivity index (χ0n) is 15.6. The summed E-state index contributed by atoms with van der Waals surface area (Å²) < 4.78 is 11.2. The standard InChI is InChI=1S/C18H27ClN2O3S/c1-17(2,3)23-11-14(15(22)24-18(4,5)6)21-16(25)20-13-10-8-7-9-12(13)19/h7-10,14H,11H2,1-6H3,(H2,20,21,25). The summed E-state index contributed by atoms with van der Waals surface area (Å²) in [6.07, 6.45) is 0. The molecule has 0 saturated heterocycles. The number of para-hydroxylation sites is 1. The van der Waals surface area contributed by atoms with E-state index in [2.05, 4.69) is 10.6 Å². The SMILES string of the molecule is CC(C)(C)OCC(NC(=S)Nc1ccccc1Cl)C(=O)OC(C)(C)C. The van der Waals surface area contributed by atoms with Crippen LogP contribution in [0.2, 0.25) is 5.02 Å². The maximum atomic E-state index is 12.5. The quantitative estimate of drug-likeness (QED) is 0.585. The van der Waals surface area contributed by atoms with Gasteiger partial charge < -0.3 is 20.1 Å². The van der Waals surface area contributed by atoms with Crippen molar-refractivity contribution >= 4 is 40.6 Å². The van der Waals surface area contributed by atoms with Crippen LogP contribution in [0.1, 0.15) is 41.5 Å². The van der Waals surface area contributed by atoms with Gasteiger partial charge in [-0.15, -0.1) is 0 Å². The minimum Gasteiger partial charge on any atom is -0.458 e. The van der Waals surface area contributed by atoms with Crippen LogP contribution in [0.3, 0.4) is 0 Å². The molecule has 25 heavy (non-hydrogen) atoms. The van der Waals surface area contributed by atoms with Gasteiger partial charge in [-0.25, -0.2) is 4.79 Å². The van der Waals surface area contributed by atoms with Crippen molar-refractivity contribution in [3.05, 3.63) is 29.3 Å². The first-order valence-corrected chi connectivity index (χ1v) is 8.85. The van der Waals surface area contributed by atoms with E-state index in [9.17, 15) is 4.79 Å². The summed E-state index contributed by atoms with van der Waals surface area (Å²) in [4.78, 5) is 12.5. The first kappa shape index (κ1) is 21.7. The second-order valence-corrected chi connectivity index (χ2v) is 8.40. The minimum atomic E-state index is -0.735. The van der Waals surface area contributed by atoms with Crippen LogP contribution in [0.15, 0.2) is 24.3 Å². The van der Waals surface area contributed by atoms with E-state index >= 15 is 0 Å². The van der Waals surface area contributed by atoms with Crippen LogP contribution in [0.5, 0.6) is 0 Å². The number of ether oxygens (including phenoxy) is 2. The average molecular weight is 387 g/mol. The Morgan fingerprint density at radius 3 is 2.28 bits per heavy atom. The van der Waals surface area contributed by atoms with Crippen molar-refractivity contribution in [1.29, 1.82) is 0 Å². The molecule has 0 saturated carbocycles. The third-order valence-corrected chi connectivity index (χ3v) is 3.35. The van der Waals surface area contributed by atoms with Crippen LogP contribution in [-0.2, 0) is 14.3 Å². The summed E-state index contributed by atoms with van der Waals surface area (Å²) in [6.45, 7) is 11.3. The molecule has 0 radical (unpaired) electrons. The van der Waals surface area contributed by atoms with E-state index in [-0.39, 0.29) is 17.3 Å². The molecule has 0 spiro atoms. The molecule has 0 aliphatic heterocycles. The summed E-state index contributed by atoms with van der Waals surface area (Å²) in [5.74, 6) is -0.431. The predicted molar refractivity (Wildman–Crippen MR) is 106 cm³/mol. The van der Waals surface area contributed by atoms with Crippen molar-refractivity contribution in [1.82, 2.24) is 5.32 Å². The van der Waals surface area contributed by atoms with E-state index in [1.165, 1.54) is 0 Å². The first-order valence-electron chi connectivity index (χ1n) is 8.06. The normalized spacial score (nSPS) is 13.1. The Balaban J connectivity index is 2.79. The van der Waals surface area contributed by atoms with Crippen molar-refractivity contribution in [3.8, 4) is 0 Å². The molecule has 2 N–H and O–H groups in total. The number of anilines is 1. The topological polar surface area (TPSA) is 59.6 Å². The molecule has 1 aromatic carbocycles. The number of halogens is 1. The molecular weight excluding hydrogens is 360 g/mol. The first-order chi connectivity index (χ1) is 11.4. The van der Waals surface area contributed by atoms with Gasteiger partial charge in [0, 0.05) is 0 Å². The molecule has 140 valence electrons. The lowest BCUT2D eigenvalue weighted by Crippen LogP contribution is -2.49. The van der Waals surface area contributed by atoms with Crippen LogP contribution < -0.4 is 10.6 Å². The third kappa shape index (κ3) is 9.05. The lowest BCUT2D eigenvalue weighted by Gasteiger charge is -2.28. The summed E-state index contributed by atoms with van der Waals surface area (Å²) >= 11 is 11.4. The van der Waals surface area contributed by atoms with Gasteiger partial charge >= 0.3 is 5.97 Å². The Labute approximate surface area is 160 Å². The lowest BCUT2D eigenvalue weighted by atomic mass is 10.1. The van der Waals surface area contributed by atoms with Crippen LogP contribution >= 0.6 is 23.8 Å². The maximum absolute atomic E-state index is 12.5. The third-order valence-electron chi connectivity index (χ3n) is 2.80. The molecule has 1 rings (SSSR count). The van der Waals surface area contributed by atoms with Crippen molar-refractivity contribution < 1.29 is 14.3 Å². The highest BCUT2D eigenvalue weighted by Gasteiger charge is 2.28. The molecular formula is C18H27ClN2O3S. The van der Waals surface area contributed by atoms with Gasteiger partial charge in [0.25, 0.3) is 0 Å². The molecule has 0 heterocycles. The van der Waals surface area contributed by atoms with Gasteiger partial charge in [0.1, 0.15) is 11.6 Å². The van der Waals surface area contributed by atoms with Crippen molar-refractivity contribution in [2.45, 2.75) is 58.8 Å². The van der Waals surface area contributed by atoms with E-state index < -0.39 is 17.6 Å². The maximum Gasteiger partial charge on any atom is 0.331 e. The number of hydrogen-bond acceptors (Lipinski definition) is 4. The fourth-order valence-electron chi connectivity index (χ4n) is 1.75. The number of carbonyl (C=O) groups is 1. The van der Waals surface area contributed by atoms with Gasteiger partial charge in [0.15, 0.2) is 5.11 Å². The Hall–Kier alpha value is -1.37. The highest BCUT2D eigenvalue weighted by molar-refractivity contribution is 7.80. The number of carbonyl (C=O) groups excluding carboxylic acids is 1. The molecule has 0 bridgehead atoms. The van der Waals surface area contributed by atoms with Crippen molar-refractivity contribution in [3.63, 3.8) is 0 Å². The fourth-order valence-corrected chi connectivity index (χ4v) is 2.19. The molecule has 1 unspecified atom stereocenters. The van der Waals surface area contributed by atoms with Crippen LogP contribution in [0.25, 0.3) is 0 Å². The summed E-state index contributed by atoms with van der Waals surface area (Å²) in [7, 11) is 0. The van der Waals surface area contributed by atoms with Gasteiger partial charge in [0.05, 0.1) is 22.9 Å². The van der Waals surface area contributed by atoms with Gasteiger partial charge in [-0.3, -0.25) is 0 Å². The second kappa shape index (κ2) is 8.83. The Bertz CT molecular complexity index is 609. The van der Waals surface area contributed by atoms with Gasteiger partial charge in [-0.1, -0.05) is 23.7 Å². The number of benzene rings is 1. The Kier molecular flexibility index (Phi) is 7.65. The number of rotatable bonds is 5. The molecule has 0 fully saturated rings. The molecule has 0 aromatic heterocycles. The highest BCUT2D eigenvalue weighted by atomic mass is 35.5. The van der Waals surface area contributed by atoms with E-state index in [0.717, 1.165) is 0 Å². The molecule has 0 aliphatic carbocycles. The van der Waals surface area contributed by atoms with Gasteiger partial charge in [-0.05, 0) is 65.9 Å². The van der Waals surface area contributed by atoms with Gasteiger partial charge in [0.2, 0.25) is 0 Å². The largest absolute Gasteiger partial charge is 0.458 e. The molecule has 1 aromatic rings. The molecule has 5 nitrogen and oxygen atoms in total. The summed E-state index contributed by atoms with van der Waals surface area (Å²) in [5, 5.41) is 6.73. The zero-order chi connectivity index (χ0) is 19.3.